The maximum atomic E-state index is 12.4. The molecule has 3 atom stereocenters. The van der Waals surface area contributed by atoms with E-state index in [4.69, 9.17) is 4.74 Å². The summed E-state index contributed by atoms with van der Waals surface area (Å²) >= 11 is 0. The Hall–Kier alpha value is -1.53. The maximum Gasteiger partial charge on any atom is 0.249 e. The summed E-state index contributed by atoms with van der Waals surface area (Å²) in [5, 5.41) is 2.93. The van der Waals surface area contributed by atoms with Gasteiger partial charge in [-0.2, -0.15) is 0 Å². The van der Waals surface area contributed by atoms with Crippen LogP contribution in [0.15, 0.2) is 12.4 Å². The third kappa shape index (κ3) is 3.38. The Bertz CT molecular complexity index is 572. The number of aromatic nitrogens is 2. The number of ether oxygens (including phenoxy) is 1. The molecule has 6 nitrogen and oxygen atoms in total. The van der Waals surface area contributed by atoms with Gasteiger partial charge in [-0.1, -0.05) is 0 Å². The lowest BCUT2D eigenvalue weighted by atomic mass is 10.1. The number of aryl methyl sites for hydroxylation is 1. The van der Waals surface area contributed by atoms with Crippen molar-refractivity contribution >= 4 is 5.91 Å². The quantitative estimate of drug-likeness (QED) is 0.879. The van der Waals surface area contributed by atoms with Gasteiger partial charge in [0.1, 0.15) is 6.10 Å². The monoisotopic (exact) mass is 316 g/mol. The van der Waals surface area contributed by atoms with Gasteiger partial charge in [-0.3, -0.25) is 19.7 Å². The van der Waals surface area contributed by atoms with E-state index in [-0.39, 0.29) is 18.1 Å². The molecule has 1 N–H and O–H groups in total. The molecule has 0 spiro atoms. The fraction of sp³-hybridized carbons (Fsp3) is 0.706. The number of likely N-dealkylation sites (tertiary alicyclic amines) is 1. The lowest BCUT2D eigenvalue weighted by Crippen LogP contribution is -2.37. The van der Waals surface area contributed by atoms with Gasteiger partial charge in [-0.15, -0.1) is 0 Å². The Labute approximate surface area is 136 Å². The molecule has 6 heteroatoms. The minimum atomic E-state index is -0.314. The highest BCUT2D eigenvalue weighted by Gasteiger charge is 2.46. The van der Waals surface area contributed by atoms with Crippen LogP contribution in [0.4, 0.5) is 0 Å². The highest BCUT2D eigenvalue weighted by atomic mass is 16.5. The molecule has 2 aliphatic heterocycles. The van der Waals surface area contributed by atoms with Gasteiger partial charge >= 0.3 is 0 Å². The fourth-order valence-corrected chi connectivity index (χ4v) is 3.66. The fourth-order valence-electron chi connectivity index (χ4n) is 3.66. The molecule has 1 aliphatic carbocycles. The molecule has 0 aromatic carbocycles. The largest absolute Gasteiger partial charge is 0.363 e. The molecule has 3 aliphatic rings. The summed E-state index contributed by atoms with van der Waals surface area (Å²) in [7, 11) is 0. The van der Waals surface area contributed by atoms with Crippen LogP contribution in [0.25, 0.3) is 0 Å². The minimum absolute atomic E-state index is 0.0202. The lowest BCUT2D eigenvalue weighted by molar-refractivity contribution is -0.132. The number of nitrogens with zero attached hydrogens (tertiary/aromatic N) is 3. The number of rotatable bonds is 5. The van der Waals surface area contributed by atoms with E-state index < -0.39 is 0 Å². The van der Waals surface area contributed by atoms with Crippen molar-refractivity contribution in [3.63, 3.8) is 0 Å². The number of hydrogen-bond donors (Lipinski definition) is 1. The number of nitrogens with one attached hydrogen (secondary N) is 1. The first-order valence-electron chi connectivity index (χ1n) is 8.64. The van der Waals surface area contributed by atoms with Crippen LogP contribution in [-0.4, -0.2) is 52.1 Å². The number of fused-ring (bicyclic) bond motifs is 1. The summed E-state index contributed by atoms with van der Waals surface area (Å²) in [6, 6.07) is 0.436. The lowest BCUT2D eigenvalue weighted by Gasteiger charge is -2.22. The molecule has 0 unspecified atom stereocenters. The van der Waals surface area contributed by atoms with Crippen molar-refractivity contribution in [2.24, 2.45) is 5.92 Å². The van der Waals surface area contributed by atoms with E-state index in [1.807, 2.05) is 6.92 Å². The smallest absolute Gasteiger partial charge is 0.249 e. The molecule has 2 saturated heterocycles. The Morgan fingerprint density at radius 1 is 1.35 bits per heavy atom. The van der Waals surface area contributed by atoms with Crippen molar-refractivity contribution in [3.8, 4) is 0 Å². The third-order valence-corrected chi connectivity index (χ3v) is 5.15. The first kappa shape index (κ1) is 15.0. The van der Waals surface area contributed by atoms with Crippen LogP contribution >= 0.6 is 0 Å². The predicted octanol–water partition coefficient (Wildman–Crippen LogP) is 1.04. The molecular formula is C17H24N4O2. The van der Waals surface area contributed by atoms with Gasteiger partial charge in [-0.05, 0) is 32.1 Å². The zero-order valence-corrected chi connectivity index (χ0v) is 13.6. The second-order valence-electron chi connectivity index (χ2n) is 7.06. The number of amides is 1. The summed E-state index contributed by atoms with van der Waals surface area (Å²) in [4.78, 5) is 23.4. The SMILES string of the molecule is Cc1cnc(CNC(=O)[C@@H]2C[C@H]3[C@H](CCN3CC3CC3)O2)cn1. The van der Waals surface area contributed by atoms with Gasteiger partial charge in [0, 0.05) is 31.7 Å². The summed E-state index contributed by atoms with van der Waals surface area (Å²) in [6.07, 6.45) is 7.97. The molecule has 0 bridgehead atoms. The number of carbonyl (C=O) groups is 1. The number of hydrogen-bond acceptors (Lipinski definition) is 5. The Kier molecular flexibility index (Phi) is 4.03. The van der Waals surface area contributed by atoms with E-state index in [2.05, 4.69) is 20.2 Å². The zero-order chi connectivity index (χ0) is 15.8. The third-order valence-electron chi connectivity index (χ3n) is 5.15. The minimum Gasteiger partial charge on any atom is -0.363 e. The van der Waals surface area contributed by atoms with Crippen LogP contribution in [0.5, 0.6) is 0 Å². The van der Waals surface area contributed by atoms with Crippen molar-refractivity contribution in [3.05, 3.63) is 23.8 Å². The van der Waals surface area contributed by atoms with Crippen molar-refractivity contribution in [1.82, 2.24) is 20.2 Å². The van der Waals surface area contributed by atoms with Crippen molar-refractivity contribution in [1.29, 1.82) is 0 Å². The maximum absolute atomic E-state index is 12.4. The predicted molar refractivity (Wildman–Crippen MR) is 84.6 cm³/mol. The van der Waals surface area contributed by atoms with Crippen LogP contribution in [0.2, 0.25) is 0 Å². The van der Waals surface area contributed by atoms with E-state index in [0.29, 0.717) is 12.6 Å². The molecule has 1 saturated carbocycles. The van der Waals surface area contributed by atoms with Crippen molar-refractivity contribution in [2.45, 2.75) is 57.4 Å². The zero-order valence-electron chi connectivity index (χ0n) is 13.6. The first-order valence-corrected chi connectivity index (χ1v) is 8.64. The molecule has 0 radical (unpaired) electrons. The summed E-state index contributed by atoms with van der Waals surface area (Å²) in [5.41, 5.74) is 1.65. The second kappa shape index (κ2) is 6.17. The topological polar surface area (TPSA) is 67.4 Å². The highest BCUT2D eigenvalue weighted by Crippen LogP contribution is 2.37. The molecule has 23 heavy (non-hydrogen) atoms. The van der Waals surface area contributed by atoms with Gasteiger partial charge in [0.05, 0.1) is 30.2 Å². The average Bonchev–Trinajstić information content (AvgIpc) is 3.14. The number of carbonyl (C=O) groups excluding carboxylic acids is 1. The van der Waals surface area contributed by atoms with Crippen molar-refractivity contribution < 1.29 is 9.53 Å². The van der Waals surface area contributed by atoms with Crippen LogP contribution in [0.3, 0.4) is 0 Å². The Morgan fingerprint density at radius 2 is 2.22 bits per heavy atom. The van der Waals surface area contributed by atoms with E-state index in [1.165, 1.54) is 19.4 Å². The van der Waals surface area contributed by atoms with Crippen LogP contribution in [-0.2, 0) is 16.1 Å². The van der Waals surface area contributed by atoms with E-state index >= 15 is 0 Å². The molecular weight excluding hydrogens is 292 g/mol. The van der Waals surface area contributed by atoms with Gasteiger partial charge in [-0.25, -0.2) is 0 Å². The van der Waals surface area contributed by atoms with Crippen LogP contribution in [0, 0.1) is 12.8 Å². The normalized spacial score (nSPS) is 30.4. The molecule has 3 heterocycles. The van der Waals surface area contributed by atoms with Crippen LogP contribution < -0.4 is 5.32 Å². The molecule has 4 rings (SSSR count). The second-order valence-corrected chi connectivity index (χ2v) is 7.06. The van der Waals surface area contributed by atoms with E-state index in [9.17, 15) is 4.79 Å². The molecule has 124 valence electrons. The van der Waals surface area contributed by atoms with Gasteiger partial charge in [0.15, 0.2) is 0 Å². The molecule has 3 fully saturated rings. The summed E-state index contributed by atoms with van der Waals surface area (Å²) < 4.78 is 6.00. The summed E-state index contributed by atoms with van der Waals surface area (Å²) in [5.74, 6) is 0.870. The molecule has 1 amide bonds. The molecule has 1 aromatic rings. The molecule has 1 aromatic heterocycles. The highest BCUT2D eigenvalue weighted by molar-refractivity contribution is 5.81. The van der Waals surface area contributed by atoms with E-state index in [1.54, 1.807) is 12.4 Å². The van der Waals surface area contributed by atoms with Gasteiger partial charge < -0.3 is 10.1 Å². The van der Waals surface area contributed by atoms with E-state index in [0.717, 1.165) is 36.7 Å². The Balaban J connectivity index is 1.29. The Morgan fingerprint density at radius 3 is 2.96 bits per heavy atom. The standard InChI is InChI=1S/C17H24N4O2/c1-11-7-19-13(8-18-11)9-20-17(22)16-6-14-15(23-16)4-5-21(14)10-12-2-3-12/h7-8,12,14-16H,2-6,9-10H2,1H3,(H,20,22)/t14-,15-,16-/m0/s1. The average molecular weight is 316 g/mol. The van der Waals surface area contributed by atoms with Crippen molar-refractivity contribution in [2.75, 3.05) is 13.1 Å². The summed E-state index contributed by atoms with van der Waals surface area (Å²) in [6.45, 7) is 4.62. The van der Waals surface area contributed by atoms with Crippen LogP contribution in [0.1, 0.15) is 37.1 Å². The van der Waals surface area contributed by atoms with Gasteiger partial charge in [0.25, 0.3) is 0 Å². The first-order chi connectivity index (χ1) is 11.2. The van der Waals surface area contributed by atoms with Gasteiger partial charge in [0.2, 0.25) is 5.91 Å².